The van der Waals surface area contributed by atoms with Crippen LogP contribution in [-0.2, 0) is 11.3 Å². The smallest absolute Gasteiger partial charge is 0.0900 e. The van der Waals surface area contributed by atoms with Gasteiger partial charge in [-0.15, -0.1) is 0 Å². The lowest BCUT2D eigenvalue weighted by molar-refractivity contribution is 0.00593. The first-order valence-electron chi connectivity index (χ1n) is 7.01. The van der Waals surface area contributed by atoms with E-state index in [0.717, 1.165) is 31.5 Å². The van der Waals surface area contributed by atoms with Crippen molar-refractivity contribution in [1.29, 1.82) is 0 Å². The van der Waals surface area contributed by atoms with Gasteiger partial charge in [-0.1, -0.05) is 30.3 Å². The van der Waals surface area contributed by atoms with Gasteiger partial charge in [-0.05, 0) is 24.9 Å². The first kappa shape index (κ1) is 14.5. The van der Waals surface area contributed by atoms with Gasteiger partial charge in [-0.25, -0.2) is 0 Å². The Morgan fingerprint density at radius 2 is 2.16 bits per heavy atom. The van der Waals surface area contributed by atoms with Crippen LogP contribution in [0.1, 0.15) is 18.4 Å². The van der Waals surface area contributed by atoms with E-state index in [1.54, 1.807) is 0 Å². The number of ether oxygens (including phenoxy) is 1. The molecular formula is C15H24N2O2. The van der Waals surface area contributed by atoms with Crippen molar-refractivity contribution in [2.75, 3.05) is 26.2 Å². The van der Waals surface area contributed by atoms with Crippen molar-refractivity contribution in [1.82, 2.24) is 4.90 Å². The van der Waals surface area contributed by atoms with Crippen LogP contribution in [0, 0.1) is 0 Å². The predicted octanol–water partition coefficient (Wildman–Crippen LogP) is 0.987. The summed E-state index contributed by atoms with van der Waals surface area (Å²) in [6, 6.07) is 10.3. The number of likely N-dealkylation sites (tertiary alicyclic amines) is 1. The summed E-state index contributed by atoms with van der Waals surface area (Å²) < 4.78 is 5.54. The summed E-state index contributed by atoms with van der Waals surface area (Å²) in [5.41, 5.74) is 7.06. The van der Waals surface area contributed by atoms with Gasteiger partial charge in [0.1, 0.15) is 0 Å². The molecule has 106 valence electrons. The molecule has 0 aliphatic carbocycles. The Morgan fingerprint density at radius 1 is 1.37 bits per heavy atom. The summed E-state index contributed by atoms with van der Waals surface area (Å²) >= 11 is 0. The zero-order chi connectivity index (χ0) is 13.5. The van der Waals surface area contributed by atoms with Crippen molar-refractivity contribution in [3.8, 4) is 0 Å². The minimum absolute atomic E-state index is 0.256. The van der Waals surface area contributed by atoms with Gasteiger partial charge in [0.2, 0.25) is 0 Å². The molecular weight excluding hydrogens is 240 g/mol. The molecule has 0 amide bonds. The van der Waals surface area contributed by atoms with Gasteiger partial charge in [0.25, 0.3) is 0 Å². The average Bonchev–Trinajstić information content (AvgIpc) is 2.40. The zero-order valence-electron chi connectivity index (χ0n) is 11.4. The van der Waals surface area contributed by atoms with Crippen LogP contribution >= 0.6 is 0 Å². The van der Waals surface area contributed by atoms with Crippen molar-refractivity contribution in [3.05, 3.63) is 35.9 Å². The topological polar surface area (TPSA) is 58.7 Å². The lowest BCUT2D eigenvalue weighted by Gasteiger charge is -2.32. The van der Waals surface area contributed by atoms with Crippen LogP contribution < -0.4 is 5.73 Å². The van der Waals surface area contributed by atoms with E-state index in [4.69, 9.17) is 10.5 Å². The van der Waals surface area contributed by atoms with E-state index < -0.39 is 6.10 Å². The molecule has 0 spiro atoms. The van der Waals surface area contributed by atoms with Crippen molar-refractivity contribution >= 4 is 0 Å². The molecule has 1 fully saturated rings. The molecule has 0 saturated carbocycles. The van der Waals surface area contributed by atoms with Gasteiger partial charge in [-0.2, -0.15) is 0 Å². The summed E-state index contributed by atoms with van der Waals surface area (Å²) in [5.74, 6) is 0. The highest BCUT2D eigenvalue weighted by molar-refractivity contribution is 5.13. The second-order valence-corrected chi connectivity index (χ2v) is 5.32. The number of β-amino-alcohol motifs (C(OH)–C–C–N with tert-alkyl or cyclic N) is 1. The Morgan fingerprint density at radius 3 is 2.89 bits per heavy atom. The second kappa shape index (κ2) is 7.60. The number of benzene rings is 1. The lowest BCUT2D eigenvalue weighted by Crippen LogP contribution is -2.46. The van der Waals surface area contributed by atoms with Crippen molar-refractivity contribution < 1.29 is 9.84 Å². The Kier molecular flexibility index (Phi) is 5.79. The Hall–Kier alpha value is -0.940. The number of hydrogen-bond acceptors (Lipinski definition) is 4. The Labute approximate surface area is 115 Å². The van der Waals surface area contributed by atoms with E-state index in [2.05, 4.69) is 4.90 Å². The second-order valence-electron chi connectivity index (χ2n) is 5.32. The molecule has 1 heterocycles. The van der Waals surface area contributed by atoms with Gasteiger partial charge >= 0.3 is 0 Å². The van der Waals surface area contributed by atoms with E-state index in [1.807, 2.05) is 30.3 Å². The highest BCUT2D eigenvalue weighted by atomic mass is 16.5. The minimum Gasteiger partial charge on any atom is -0.389 e. The molecule has 0 bridgehead atoms. The first-order valence-corrected chi connectivity index (χ1v) is 7.01. The third kappa shape index (κ3) is 5.28. The number of piperidine rings is 1. The first-order chi connectivity index (χ1) is 9.24. The van der Waals surface area contributed by atoms with Crippen LogP contribution in [0.25, 0.3) is 0 Å². The summed E-state index contributed by atoms with van der Waals surface area (Å²) in [5, 5.41) is 9.96. The molecule has 1 unspecified atom stereocenters. The summed E-state index contributed by atoms with van der Waals surface area (Å²) in [7, 11) is 0. The Bertz CT molecular complexity index is 358. The van der Waals surface area contributed by atoms with Crippen LogP contribution in [0.4, 0.5) is 0 Å². The van der Waals surface area contributed by atoms with E-state index in [1.165, 1.54) is 0 Å². The number of aliphatic hydroxyl groups excluding tert-OH is 1. The molecule has 0 radical (unpaired) electrons. The largest absolute Gasteiger partial charge is 0.389 e. The van der Waals surface area contributed by atoms with Crippen molar-refractivity contribution in [2.24, 2.45) is 5.73 Å². The predicted molar refractivity (Wildman–Crippen MR) is 75.8 cm³/mol. The SMILES string of the molecule is N[C@@H]1CCCN(CC(O)COCc2ccccc2)C1. The van der Waals surface area contributed by atoms with Gasteiger partial charge in [0.15, 0.2) is 0 Å². The number of nitrogens with two attached hydrogens (primary N) is 1. The van der Waals surface area contributed by atoms with E-state index in [0.29, 0.717) is 19.8 Å². The van der Waals surface area contributed by atoms with Gasteiger partial charge in [0, 0.05) is 19.1 Å². The van der Waals surface area contributed by atoms with Crippen LogP contribution in [0.15, 0.2) is 30.3 Å². The molecule has 1 aliphatic rings. The van der Waals surface area contributed by atoms with Crippen molar-refractivity contribution in [2.45, 2.75) is 31.6 Å². The van der Waals surface area contributed by atoms with E-state index in [-0.39, 0.29) is 6.04 Å². The Balaban J connectivity index is 1.63. The number of hydrogen-bond donors (Lipinski definition) is 2. The fraction of sp³-hybridized carbons (Fsp3) is 0.600. The zero-order valence-corrected chi connectivity index (χ0v) is 11.4. The molecule has 2 rings (SSSR count). The maximum Gasteiger partial charge on any atom is 0.0900 e. The molecule has 4 heteroatoms. The highest BCUT2D eigenvalue weighted by Crippen LogP contribution is 2.09. The normalized spacial score (nSPS) is 22.3. The van der Waals surface area contributed by atoms with E-state index in [9.17, 15) is 5.11 Å². The standard InChI is InChI=1S/C15H24N2O2/c16-14-7-4-8-17(9-14)10-15(18)12-19-11-13-5-2-1-3-6-13/h1-3,5-6,14-15,18H,4,7-12,16H2/t14-,15?/m1/s1. The number of aliphatic hydroxyl groups is 1. The molecule has 19 heavy (non-hydrogen) atoms. The molecule has 4 nitrogen and oxygen atoms in total. The van der Waals surface area contributed by atoms with Crippen LogP contribution in [0.3, 0.4) is 0 Å². The lowest BCUT2D eigenvalue weighted by atomic mass is 10.1. The molecule has 1 saturated heterocycles. The fourth-order valence-electron chi connectivity index (χ4n) is 2.49. The molecule has 1 aliphatic heterocycles. The summed E-state index contributed by atoms with van der Waals surface area (Å²) in [4.78, 5) is 2.23. The van der Waals surface area contributed by atoms with Gasteiger partial charge < -0.3 is 15.6 Å². The van der Waals surface area contributed by atoms with Crippen LogP contribution in [0.2, 0.25) is 0 Å². The number of rotatable bonds is 6. The summed E-state index contributed by atoms with van der Waals surface area (Å²) in [6.07, 6.45) is 1.78. The third-order valence-electron chi connectivity index (χ3n) is 3.43. The maximum atomic E-state index is 9.96. The highest BCUT2D eigenvalue weighted by Gasteiger charge is 2.19. The quantitative estimate of drug-likeness (QED) is 0.804. The van der Waals surface area contributed by atoms with Crippen LogP contribution in [0.5, 0.6) is 0 Å². The maximum absolute atomic E-state index is 9.96. The molecule has 0 aromatic heterocycles. The summed E-state index contributed by atoms with van der Waals surface area (Å²) in [6.45, 7) is 3.50. The molecule has 1 aromatic rings. The third-order valence-corrected chi connectivity index (χ3v) is 3.43. The van der Waals surface area contributed by atoms with E-state index >= 15 is 0 Å². The molecule has 3 N–H and O–H groups in total. The minimum atomic E-state index is -0.436. The monoisotopic (exact) mass is 264 g/mol. The van der Waals surface area contributed by atoms with Gasteiger partial charge in [-0.3, -0.25) is 4.90 Å². The van der Waals surface area contributed by atoms with Crippen molar-refractivity contribution in [3.63, 3.8) is 0 Å². The number of nitrogens with zero attached hydrogens (tertiary/aromatic N) is 1. The fourth-order valence-corrected chi connectivity index (χ4v) is 2.49. The van der Waals surface area contributed by atoms with Crippen LogP contribution in [-0.4, -0.2) is 48.4 Å². The average molecular weight is 264 g/mol. The molecule has 1 aromatic carbocycles. The molecule has 2 atom stereocenters. The van der Waals surface area contributed by atoms with Gasteiger partial charge in [0.05, 0.1) is 19.3 Å².